The third-order valence-corrected chi connectivity index (χ3v) is 32.3. The monoisotopic (exact) mass is 860 g/mol. The summed E-state index contributed by atoms with van der Waals surface area (Å²) in [5.41, 5.74) is -0.752. The first kappa shape index (κ1) is 53.5. The number of Topliss-reactive ketones (excluding diaryl/α,β-unsaturated/α-hetero) is 1. The Labute approximate surface area is 349 Å². The first-order chi connectivity index (χ1) is 24.7. The van der Waals surface area contributed by atoms with Gasteiger partial charge in [-0.25, -0.2) is 5.06 Å². The van der Waals surface area contributed by atoms with Crippen molar-refractivity contribution >= 4 is 45.0 Å². The standard InChI is InChI=1S/C43H89NO8Si4/c1-26-27-31(2)37-43(15,50-37)38(52-56(24,25)42(12,13)14)33(30-49-54(20,21)40(6,7)8)36(46)32(29-48-53(18,19)39(3,4)5)34(28-35(45)44(16)47-17)51-55(22,23)41(9,10)11/h26-27,31-34,37-38H,28-30H2,1-25H3/b27-26-/t31-,32+,33-,34+,37+,38-,43+/m0/s1. The average molecular weight is 861 g/mol. The molecular weight excluding hydrogens is 771 g/mol. The summed E-state index contributed by atoms with van der Waals surface area (Å²) in [6, 6.07) is 0. The highest BCUT2D eigenvalue weighted by molar-refractivity contribution is 6.75. The van der Waals surface area contributed by atoms with Gasteiger partial charge in [0.2, 0.25) is 5.91 Å². The van der Waals surface area contributed by atoms with Crippen molar-refractivity contribution in [2.24, 2.45) is 17.8 Å². The molecule has 0 aromatic heterocycles. The van der Waals surface area contributed by atoms with E-state index in [9.17, 15) is 4.79 Å². The van der Waals surface area contributed by atoms with Gasteiger partial charge < -0.3 is 22.4 Å². The number of allylic oxidation sites excluding steroid dienone is 1. The molecule has 1 fully saturated rings. The van der Waals surface area contributed by atoms with E-state index in [-0.39, 0.29) is 63.5 Å². The van der Waals surface area contributed by atoms with Crippen molar-refractivity contribution in [1.29, 1.82) is 0 Å². The van der Waals surface area contributed by atoms with Crippen LogP contribution in [-0.4, -0.2) is 101 Å². The number of nitrogens with zero attached hydrogens (tertiary/aromatic N) is 1. The Kier molecular flexibility index (Phi) is 17.8. The highest BCUT2D eigenvalue weighted by Gasteiger charge is 2.65. The molecule has 0 aromatic rings. The van der Waals surface area contributed by atoms with Gasteiger partial charge in [0.1, 0.15) is 11.4 Å². The van der Waals surface area contributed by atoms with Gasteiger partial charge in [-0.3, -0.25) is 14.4 Å². The lowest BCUT2D eigenvalue weighted by atomic mass is 9.79. The largest absolute Gasteiger partial charge is 0.416 e. The van der Waals surface area contributed by atoms with Crippen LogP contribution in [0.5, 0.6) is 0 Å². The van der Waals surface area contributed by atoms with E-state index in [2.05, 4.69) is 161 Å². The summed E-state index contributed by atoms with van der Waals surface area (Å²) >= 11 is 0. The Morgan fingerprint density at radius 1 is 0.714 bits per heavy atom. The number of ketones is 1. The highest BCUT2D eigenvalue weighted by Crippen LogP contribution is 2.52. The number of carbonyl (C=O) groups is 2. The smallest absolute Gasteiger partial charge is 0.248 e. The maximum Gasteiger partial charge on any atom is 0.248 e. The first-order valence-corrected chi connectivity index (χ1v) is 32.7. The van der Waals surface area contributed by atoms with E-state index < -0.39 is 62.9 Å². The molecule has 0 spiro atoms. The van der Waals surface area contributed by atoms with Gasteiger partial charge >= 0.3 is 0 Å². The maximum absolute atomic E-state index is 16.1. The van der Waals surface area contributed by atoms with Crippen LogP contribution in [0.1, 0.15) is 110 Å². The maximum atomic E-state index is 16.1. The zero-order chi connectivity index (χ0) is 44.5. The van der Waals surface area contributed by atoms with E-state index in [0.29, 0.717) is 0 Å². The van der Waals surface area contributed by atoms with E-state index in [1.807, 2.05) is 6.92 Å². The van der Waals surface area contributed by atoms with Crippen LogP contribution in [0.25, 0.3) is 0 Å². The molecule has 7 atom stereocenters. The average Bonchev–Trinajstić information content (AvgIpc) is 3.70. The molecule has 330 valence electrons. The molecule has 0 bridgehead atoms. The van der Waals surface area contributed by atoms with Crippen LogP contribution in [0.4, 0.5) is 0 Å². The van der Waals surface area contributed by atoms with E-state index in [4.69, 9.17) is 27.3 Å². The van der Waals surface area contributed by atoms with Gasteiger partial charge in [0.05, 0.1) is 43.7 Å². The second-order valence-corrected chi connectivity index (χ2v) is 42.0. The van der Waals surface area contributed by atoms with Gasteiger partial charge in [0, 0.05) is 26.2 Å². The van der Waals surface area contributed by atoms with Crippen LogP contribution < -0.4 is 0 Å². The van der Waals surface area contributed by atoms with Crippen LogP contribution in [0.3, 0.4) is 0 Å². The van der Waals surface area contributed by atoms with E-state index in [1.54, 1.807) is 7.05 Å². The Morgan fingerprint density at radius 2 is 1.11 bits per heavy atom. The number of ether oxygens (including phenoxy) is 1. The highest BCUT2D eigenvalue weighted by atomic mass is 28.4. The van der Waals surface area contributed by atoms with Gasteiger partial charge in [-0.2, -0.15) is 0 Å². The summed E-state index contributed by atoms with van der Waals surface area (Å²) in [6.45, 7) is 50.8. The Hall–Kier alpha value is -0.492. The summed E-state index contributed by atoms with van der Waals surface area (Å²) in [7, 11) is -6.72. The predicted molar refractivity (Wildman–Crippen MR) is 244 cm³/mol. The second-order valence-electron chi connectivity index (χ2n) is 22.9. The molecule has 1 rings (SSSR count). The molecule has 56 heavy (non-hydrogen) atoms. The number of rotatable bonds is 20. The zero-order valence-corrected chi connectivity index (χ0v) is 45.0. The summed E-state index contributed by atoms with van der Waals surface area (Å²) in [6.07, 6.45) is 2.67. The molecule has 1 heterocycles. The second kappa shape index (κ2) is 18.6. The summed E-state index contributed by atoms with van der Waals surface area (Å²) in [4.78, 5) is 35.4. The zero-order valence-electron chi connectivity index (χ0n) is 41.0. The van der Waals surface area contributed by atoms with E-state index in [0.717, 1.165) is 0 Å². The van der Waals surface area contributed by atoms with Crippen LogP contribution >= 0.6 is 0 Å². The van der Waals surface area contributed by atoms with E-state index >= 15 is 4.79 Å². The van der Waals surface area contributed by atoms with Crippen molar-refractivity contribution in [2.45, 2.75) is 207 Å². The molecule has 1 saturated heterocycles. The number of epoxide rings is 1. The molecule has 1 aliphatic heterocycles. The SMILES string of the molecule is C/C=C\[C@H](C)[C@H]1O[C@@]1(C)[C@@H](O[Si](C)(C)C(C)(C)C)[C@@H](CO[Si](C)(C)C(C)(C)C)C(=O)[C@H](CO[Si](C)(C)C(C)(C)C)[C@@H](CC(=O)N(C)OC)O[Si](C)(C)C(C)(C)C. The molecular formula is C43H89NO8Si4. The normalized spacial score (nSPS) is 22.1. The first-order valence-electron chi connectivity index (χ1n) is 21.0. The van der Waals surface area contributed by atoms with Gasteiger partial charge in [0.15, 0.2) is 33.3 Å². The molecule has 1 amide bonds. The molecule has 0 radical (unpaired) electrons. The van der Waals surface area contributed by atoms with Crippen molar-refractivity contribution in [3.05, 3.63) is 12.2 Å². The summed E-state index contributed by atoms with van der Waals surface area (Å²) in [5, 5.41) is 0.721. The lowest BCUT2D eigenvalue weighted by Gasteiger charge is -2.46. The third kappa shape index (κ3) is 13.3. The fraction of sp³-hybridized carbons (Fsp3) is 0.907. The molecule has 0 saturated carbocycles. The molecule has 0 N–H and O–H groups in total. The molecule has 13 heteroatoms. The third-order valence-electron chi connectivity index (χ3n) is 14.3. The Bertz CT molecular complexity index is 1340. The van der Waals surface area contributed by atoms with Gasteiger partial charge in [0.25, 0.3) is 0 Å². The fourth-order valence-electron chi connectivity index (χ4n) is 5.81. The molecule has 1 aliphatic rings. The Morgan fingerprint density at radius 3 is 1.48 bits per heavy atom. The van der Waals surface area contributed by atoms with Gasteiger partial charge in [-0.05, 0) is 86.4 Å². The van der Waals surface area contributed by atoms with Crippen molar-refractivity contribution in [3.63, 3.8) is 0 Å². The predicted octanol–water partition coefficient (Wildman–Crippen LogP) is 11.4. The van der Waals surface area contributed by atoms with Crippen LogP contribution in [0.2, 0.25) is 72.5 Å². The van der Waals surface area contributed by atoms with E-state index in [1.165, 1.54) is 12.2 Å². The minimum atomic E-state index is -2.55. The number of amides is 1. The number of hydroxylamine groups is 2. The molecule has 0 aliphatic carbocycles. The minimum Gasteiger partial charge on any atom is -0.416 e. The quantitative estimate of drug-likeness (QED) is 0.0517. The van der Waals surface area contributed by atoms with Crippen molar-refractivity contribution in [1.82, 2.24) is 5.06 Å². The summed E-state index contributed by atoms with van der Waals surface area (Å²) < 4.78 is 35.5. The van der Waals surface area contributed by atoms with Crippen molar-refractivity contribution in [3.8, 4) is 0 Å². The number of carbonyl (C=O) groups excluding carboxylic acids is 2. The lowest BCUT2D eigenvalue weighted by molar-refractivity contribution is -0.171. The fourth-order valence-corrected chi connectivity index (χ4v) is 10.6. The van der Waals surface area contributed by atoms with Gasteiger partial charge in [-0.1, -0.05) is 102 Å². The topological polar surface area (TPSA) is 96.1 Å². The van der Waals surface area contributed by atoms with Crippen LogP contribution in [0.15, 0.2) is 12.2 Å². The van der Waals surface area contributed by atoms with Crippen molar-refractivity contribution in [2.75, 3.05) is 27.4 Å². The lowest BCUT2D eigenvalue weighted by Crippen LogP contribution is -2.57. The minimum absolute atomic E-state index is 0.0353. The molecule has 0 unspecified atom stereocenters. The molecule has 0 aromatic carbocycles. The van der Waals surface area contributed by atoms with Crippen molar-refractivity contribution < 1.29 is 36.9 Å². The van der Waals surface area contributed by atoms with Gasteiger partial charge in [-0.15, -0.1) is 0 Å². The van der Waals surface area contributed by atoms with Crippen LogP contribution in [0, 0.1) is 17.8 Å². The summed E-state index contributed by atoms with van der Waals surface area (Å²) in [5.74, 6) is -1.72. The number of hydrogen-bond donors (Lipinski definition) is 0. The van der Waals surface area contributed by atoms with Crippen LogP contribution in [-0.2, 0) is 36.9 Å². The Balaban J connectivity index is 4.32. The number of hydrogen-bond acceptors (Lipinski definition) is 8. The molecule has 9 nitrogen and oxygen atoms in total.